The highest BCUT2D eigenvalue weighted by molar-refractivity contribution is 5.73. The highest BCUT2D eigenvalue weighted by Crippen LogP contribution is 2.23. The van der Waals surface area contributed by atoms with Crippen LogP contribution in [0.25, 0.3) is 11.2 Å². The van der Waals surface area contributed by atoms with E-state index in [0.717, 1.165) is 4.57 Å². The molecule has 16 heteroatoms. The normalized spacial score (nSPS) is 12.3. The van der Waals surface area contributed by atoms with E-state index in [4.69, 9.17) is 9.47 Å². The first-order valence-corrected chi connectivity index (χ1v) is 10.3. The van der Waals surface area contributed by atoms with Crippen LogP contribution in [0.15, 0.2) is 53.7 Å². The summed E-state index contributed by atoms with van der Waals surface area (Å²) in [6, 6.07) is 6.65. The van der Waals surface area contributed by atoms with E-state index in [1.807, 2.05) is 9.97 Å². The van der Waals surface area contributed by atoms with Gasteiger partial charge in [-0.15, -0.1) is 10.2 Å². The number of aromatic nitrogens is 6. The van der Waals surface area contributed by atoms with Gasteiger partial charge in [0.05, 0.1) is 13.7 Å². The summed E-state index contributed by atoms with van der Waals surface area (Å²) < 4.78 is 12.9. The molecule has 0 aliphatic heterocycles. The lowest BCUT2D eigenvalue weighted by Gasteiger charge is -2.14. The van der Waals surface area contributed by atoms with Gasteiger partial charge in [-0.05, 0) is 24.3 Å². The predicted molar refractivity (Wildman–Crippen MR) is 124 cm³/mol. The first-order chi connectivity index (χ1) is 17.2. The third-order valence-electron chi connectivity index (χ3n) is 5.02. The van der Waals surface area contributed by atoms with Crippen LogP contribution in [0, 0.1) is 0 Å². The highest BCUT2D eigenvalue weighted by Gasteiger charge is 2.20. The average Bonchev–Trinajstić information content (AvgIpc) is 3.19. The average molecular weight is 500 g/mol. The molecule has 0 saturated carbocycles. The number of nitrogens with one attached hydrogen (secondary N) is 3. The van der Waals surface area contributed by atoms with Gasteiger partial charge in [0.2, 0.25) is 11.6 Å². The molecule has 0 aliphatic rings. The number of aromatic amines is 3. The largest absolute Gasteiger partial charge is 0.497 e. The van der Waals surface area contributed by atoms with Gasteiger partial charge in [-0.3, -0.25) is 33.7 Å². The zero-order valence-electron chi connectivity index (χ0n) is 18.9. The Balaban J connectivity index is 1.70. The molecule has 36 heavy (non-hydrogen) atoms. The SMILES string of the molecule is COc1ccc(OC[C@H](O)Cn2c(N=Nc3c(O)[nH]c(=O)[nH]c3=O)nc3c2c(=O)[nH]c(=O)n3C)cc1. The Morgan fingerprint density at radius 2 is 1.72 bits per heavy atom. The van der Waals surface area contributed by atoms with E-state index in [-0.39, 0.29) is 30.3 Å². The molecular formula is C20H20N8O8. The van der Waals surface area contributed by atoms with Gasteiger partial charge in [0.25, 0.3) is 17.1 Å². The topological polar surface area (TPSA) is 222 Å². The van der Waals surface area contributed by atoms with Crippen molar-refractivity contribution in [3.05, 3.63) is 65.9 Å². The maximum Gasteiger partial charge on any atom is 0.329 e. The van der Waals surface area contributed by atoms with E-state index in [1.165, 1.54) is 18.7 Å². The Kier molecular flexibility index (Phi) is 6.51. The van der Waals surface area contributed by atoms with Crippen LogP contribution in [0.3, 0.4) is 0 Å². The lowest BCUT2D eigenvalue weighted by molar-refractivity contribution is 0.0937. The van der Waals surface area contributed by atoms with Crippen molar-refractivity contribution >= 4 is 22.8 Å². The fourth-order valence-electron chi connectivity index (χ4n) is 3.26. The number of aromatic hydroxyl groups is 1. The number of rotatable bonds is 8. The summed E-state index contributed by atoms with van der Waals surface area (Å²) in [5.74, 6) is -0.0308. The highest BCUT2D eigenvalue weighted by atomic mass is 16.5. The van der Waals surface area contributed by atoms with Gasteiger partial charge in [0.1, 0.15) is 24.2 Å². The molecule has 4 aromatic rings. The lowest BCUT2D eigenvalue weighted by Crippen LogP contribution is -2.30. The van der Waals surface area contributed by atoms with Crippen molar-refractivity contribution in [1.82, 2.24) is 29.1 Å². The Labute approximate surface area is 199 Å². The molecule has 0 bridgehead atoms. The summed E-state index contributed by atoms with van der Waals surface area (Å²) in [5, 5.41) is 27.9. The standard InChI is InChI=1S/C20H20N8O8/c1-27-14-13(17(32)24-20(27)34)28(7-9(29)8-36-11-5-3-10(35-2)4-6-11)18(21-14)26-25-12-15(30)22-19(33)23-16(12)31/h3-6,9,29H,7-8H2,1-2H3,(H,24,32,34)(H3,22,23,30,31,33)/t9-/m1/s1. The van der Waals surface area contributed by atoms with Crippen molar-refractivity contribution in [2.24, 2.45) is 17.3 Å². The second-order valence-electron chi connectivity index (χ2n) is 7.46. The number of hydrogen-bond donors (Lipinski definition) is 5. The Morgan fingerprint density at radius 1 is 1.03 bits per heavy atom. The second kappa shape index (κ2) is 9.71. The molecule has 4 rings (SSSR count). The lowest BCUT2D eigenvalue weighted by atomic mass is 10.3. The van der Waals surface area contributed by atoms with E-state index < -0.39 is 40.2 Å². The molecule has 0 spiro atoms. The molecule has 188 valence electrons. The van der Waals surface area contributed by atoms with Gasteiger partial charge < -0.3 is 19.7 Å². The number of hydrogen-bond acceptors (Lipinski definition) is 11. The Morgan fingerprint density at radius 3 is 2.39 bits per heavy atom. The minimum atomic E-state index is -1.18. The quantitative estimate of drug-likeness (QED) is 0.194. The molecule has 5 N–H and O–H groups in total. The molecule has 0 amide bonds. The van der Waals surface area contributed by atoms with Crippen LogP contribution in [-0.4, -0.2) is 59.1 Å². The fourth-order valence-corrected chi connectivity index (χ4v) is 3.26. The van der Waals surface area contributed by atoms with E-state index in [1.54, 1.807) is 24.3 Å². The van der Waals surface area contributed by atoms with Gasteiger partial charge in [-0.1, -0.05) is 0 Å². The summed E-state index contributed by atoms with van der Waals surface area (Å²) >= 11 is 0. The minimum Gasteiger partial charge on any atom is -0.497 e. The van der Waals surface area contributed by atoms with Crippen molar-refractivity contribution in [2.45, 2.75) is 12.6 Å². The van der Waals surface area contributed by atoms with Crippen molar-refractivity contribution in [2.75, 3.05) is 13.7 Å². The summed E-state index contributed by atoms with van der Waals surface area (Å²) in [6.07, 6.45) is -1.18. The van der Waals surface area contributed by atoms with Crippen molar-refractivity contribution in [1.29, 1.82) is 0 Å². The number of ether oxygens (including phenoxy) is 2. The molecule has 0 fully saturated rings. The molecule has 16 nitrogen and oxygen atoms in total. The summed E-state index contributed by atoms with van der Waals surface area (Å²) in [7, 11) is 2.89. The smallest absolute Gasteiger partial charge is 0.329 e. The number of aliphatic hydroxyl groups excluding tert-OH is 1. The van der Waals surface area contributed by atoms with Gasteiger partial charge >= 0.3 is 11.4 Å². The zero-order valence-corrected chi connectivity index (χ0v) is 18.9. The molecule has 0 saturated heterocycles. The number of aryl methyl sites for hydroxylation is 1. The Hall–Kier alpha value is -4.99. The van der Waals surface area contributed by atoms with Gasteiger partial charge in [-0.25, -0.2) is 9.59 Å². The van der Waals surface area contributed by atoms with Crippen LogP contribution in [0.2, 0.25) is 0 Å². The van der Waals surface area contributed by atoms with Crippen LogP contribution in [-0.2, 0) is 13.6 Å². The first kappa shape index (κ1) is 24.1. The van der Waals surface area contributed by atoms with Crippen LogP contribution in [0.1, 0.15) is 0 Å². The predicted octanol–water partition coefficient (Wildman–Crippen LogP) is -0.631. The summed E-state index contributed by atoms with van der Waals surface area (Å²) in [4.78, 5) is 57.9. The number of benzene rings is 1. The van der Waals surface area contributed by atoms with Crippen molar-refractivity contribution < 1.29 is 19.7 Å². The summed E-state index contributed by atoms with van der Waals surface area (Å²) in [6.45, 7) is -0.455. The van der Waals surface area contributed by atoms with Gasteiger partial charge in [-0.2, -0.15) is 4.98 Å². The molecular weight excluding hydrogens is 480 g/mol. The third kappa shape index (κ3) is 4.78. The maximum atomic E-state index is 12.6. The van der Waals surface area contributed by atoms with Crippen LogP contribution in [0.5, 0.6) is 17.4 Å². The molecule has 0 unspecified atom stereocenters. The number of nitrogens with zero attached hydrogens (tertiary/aromatic N) is 5. The molecule has 1 aromatic carbocycles. The van der Waals surface area contributed by atoms with E-state index in [0.29, 0.717) is 11.5 Å². The number of H-pyrrole nitrogens is 3. The second-order valence-corrected chi connectivity index (χ2v) is 7.46. The molecule has 0 aliphatic carbocycles. The monoisotopic (exact) mass is 500 g/mol. The van der Waals surface area contributed by atoms with Gasteiger partial charge in [0.15, 0.2) is 11.2 Å². The molecule has 1 atom stereocenters. The molecule has 3 aromatic heterocycles. The van der Waals surface area contributed by atoms with E-state index in [2.05, 4.69) is 20.2 Å². The zero-order chi connectivity index (χ0) is 26.0. The first-order valence-electron chi connectivity index (χ1n) is 10.3. The van der Waals surface area contributed by atoms with Crippen molar-refractivity contribution in [3.8, 4) is 17.4 Å². The minimum absolute atomic E-state index is 0.0689. The van der Waals surface area contributed by atoms with Crippen LogP contribution >= 0.6 is 0 Å². The Bertz CT molecular complexity index is 1680. The van der Waals surface area contributed by atoms with Crippen LogP contribution < -0.4 is 32.0 Å². The van der Waals surface area contributed by atoms with Gasteiger partial charge in [0, 0.05) is 7.05 Å². The van der Waals surface area contributed by atoms with Crippen molar-refractivity contribution in [3.63, 3.8) is 0 Å². The number of methoxy groups -OCH3 is 1. The van der Waals surface area contributed by atoms with E-state index >= 15 is 0 Å². The maximum absolute atomic E-state index is 12.6. The molecule has 0 radical (unpaired) electrons. The third-order valence-corrected chi connectivity index (χ3v) is 5.02. The fraction of sp³-hybridized carbons (Fsp3) is 0.250. The number of aliphatic hydroxyl groups is 1. The van der Waals surface area contributed by atoms with Crippen LogP contribution in [0.4, 0.5) is 11.6 Å². The number of fused-ring (bicyclic) bond motifs is 1. The summed E-state index contributed by atoms with van der Waals surface area (Å²) in [5.41, 5.74) is -4.31. The van der Waals surface area contributed by atoms with E-state index in [9.17, 15) is 29.4 Å². The number of imidazole rings is 1. The number of azo groups is 1. The molecule has 3 heterocycles.